The Morgan fingerprint density at radius 3 is 2.69 bits per heavy atom. The van der Waals surface area contributed by atoms with Crippen LogP contribution >= 0.6 is 11.6 Å². The highest BCUT2D eigenvalue weighted by Gasteiger charge is 2.21. The van der Waals surface area contributed by atoms with E-state index < -0.39 is 10.8 Å². The second-order valence-electron chi connectivity index (χ2n) is 6.64. The van der Waals surface area contributed by atoms with Crippen LogP contribution in [0.2, 0.25) is 5.02 Å². The van der Waals surface area contributed by atoms with E-state index in [2.05, 4.69) is 10.3 Å². The van der Waals surface area contributed by atoms with Gasteiger partial charge in [0.05, 0.1) is 17.3 Å². The SMILES string of the molecule is CN(C)C(CNC(=O)c1ccc(-n2ccnc2)c([N+](=O)[O-])c1)c1ccccc1Cl. The summed E-state index contributed by atoms with van der Waals surface area (Å²) >= 11 is 6.30. The van der Waals surface area contributed by atoms with Crippen molar-refractivity contribution in [3.63, 3.8) is 0 Å². The number of benzene rings is 2. The molecule has 0 aliphatic rings. The number of hydrogen-bond acceptors (Lipinski definition) is 5. The molecule has 9 heteroatoms. The molecule has 0 bridgehead atoms. The number of aromatic nitrogens is 2. The second kappa shape index (κ2) is 8.85. The van der Waals surface area contributed by atoms with Crippen LogP contribution in [0, 0.1) is 10.1 Å². The summed E-state index contributed by atoms with van der Waals surface area (Å²) in [6, 6.07) is 11.6. The highest BCUT2D eigenvalue weighted by molar-refractivity contribution is 6.31. The molecule has 1 unspecified atom stereocenters. The number of imidazole rings is 1. The zero-order valence-electron chi connectivity index (χ0n) is 15.9. The molecule has 1 aromatic heterocycles. The number of hydrogen-bond donors (Lipinski definition) is 1. The van der Waals surface area contributed by atoms with Crippen LogP contribution in [0.5, 0.6) is 0 Å². The third kappa shape index (κ3) is 4.61. The first-order valence-corrected chi connectivity index (χ1v) is 9.22. The Balaban J connectivity index is 1.81. The predicted octanol–water partition coefficient (Wildman–Crippen LogP) is 3.47. The fourth-order valence-electron chi connectivity index (χ4n) is 3.04. The van der Waals surface area contributed by atoms with Crippen molar-refractivity contribution in [1.82, 2.24) is 19.8 Å². The summed E-state index contributed by atoms with van der Waals surface area (Å²) in [5.41, 5.74) is 1.26. The maximum Gasteiger partial charge on any atom is 0.294 e. The van der Waals surface area contributed by atoms with Crippen LogP contribution in [-0.4, -0.2) is 45.9 Å². The maximum absolute atomic E-state index is 12.7. The summed E-state index contributed by atoms with van der Waals surface area (Å²) in [6.45, 7) is 0.298. The Morgan fingerprint density at radius 1 is 1.31 bits per heavy atom. The van der Waals surface area contributed by atoms with E-state index in [1.165, 1.54) is 29.2 Å². The molecule has 2 aromatic carbocycles. The van der Waals surface area contributed by atoms with Crippen LogP contribution in [0.25, 0.3) is 5.69 Å². The van der Waals surface area contributed by atoms with Gasteiger partial charge in [-0.3, -0.25) is 14.9 Å². The molecule has 3 aromatic rings. The van der Waals surface area contributed by atoms with Gasteiger partial charge in [0.1, 0.15) is 5.69 Å². The first kappa shape index (κ1) is 20.5. The number of amides is 1. The molecule has 0 aliphatic carbocycles. The number of nitrogens with zero attached hydrogens (tertiary/aromatic N) is 4. The van der Waals surface area contributed by atoms with E-state index in [0.29, 0.717) is 17.3 Å². The first-order chi connectivity index (χ1) is 13.9. The van der Waals surface area contributed by atoms with E-state index in [1.54, 1.807) is 18.3 Å². The standard InChI is InChI=1S/C20H20ClN5O3/c1-24(2)19(15-5-3-4-6-16(15)21)12-23-20(27)14-7-8-17(18(11-14)26(28)29)25-10-9-22-13-25/h3-11,13,19H,12H2,1-2H3,(H,23,27). The number of rotatable bonds is 7. The summed E-state index contributed by atoms with van der Waals surface area (Å²) in [4.78, 5) is 29.5. The van der Waals surface area contributed by atoms with Crippen molar-refractivity contribution in [3.8, 4) is 5.69 Å². The quantitative estimate of drug-likeness (QED) is 0.473. The zero-order chi connectivity index (χ0) is 21.0. The molecular weight excluding hydrogens is 394 g/mol. The third-order valence-electron chi connectivity index (χ3n) is 4.56. The smallest absolute Gasteiger partial charge is 0.294 e. The van der Waals surface area contributed by atoms with Crippen LogP contribution in [-0.2, 0) is 0 Å². The van der Waals surface area contributed by atoms with Crippen molar-refractivity contribution in [3.05, 3.63) is 87.4 Å². The van der Waals surface area contributed by atoms with Crippen molar-refractivity contribution < 1.29 is 9.72 Å². The third-order valence-corrected chi connectivity index (χ3v) is 4.90. The van der Waals surface area contributed by atoms with Gasteiger partial charge in [-0.25, -0.2) is 4.98 Å². The van der Waals surface area contributed by atoms with Gasteiger partial charge in [-0.05, 0) is 37.9 Å². The number of halogens is 1. The minimum Gasteiger partial charge on any atom is -0.350 e. The highest BCUT2D eigenvalue weighted by Crippen LogP contribution is 2.26. The molecule has 0 aliphatic heterocycles. The molecule has 3 rings (SSSR count). The molecule has 8 nitrogen and oxygen atoms in total. The lowest BCUT2D eigenvalue weighted by molar-refractivity contribution is -0.384. The van der Waals surface area contributed by atoms with Crippen molar-refractivity contribution >= 4 is 23.2 Å². The van der Waals surface area contributed by atoms with Gasteiger partial charge >= 0.3 is 0 Å². The molecule has 1 atom stereocenters. The number of nitrogens with one attached hydrogen (secondary N) is 1. The minimum absolute atomic E-state index is 0.146. The fourth-order valence-corrected chi connectivity index (χ4v) is 3.30. The lowest BCUT2D eigenvalue weighted by atomic mass is 10.1. The number of carbonyl (C=O) groups excluding carboxylic acids is 1. The Morgan fingerprint density at radius 2 is 2.07 bits per heavy atom. The summed E-state index contributed by atoms with van der Waals surface area (Å²) < 4.78 is 1.53. The van der Waals surface area contributed by atoms with E-state index in [0.717, 1.165) is 5.56 Å². The lowest BCUT2D eigenvalue weighted by Gasteiger charge is -2.26. The molecule has 0 radical (unpaired) electrons. The van der Waals surface area contributed by atoms with Crippen LogP contribution < -0.4 is 5.32 Å². The molecule has 1 N–H and O–H groups in total. The summed E-state index contributed by atoms with van der Waals surface area (Å²) in [5.74, 6) is -0.399. The van der Waals surface area contributed by atoms with Crippen LogP contribution in [0.15, 0.2) is 61.2 Å². The monoisotopic (exact) mass is 413 g/mol. The number of nitro benzene ring substituents is 1. The van der Waals surface area contributed by atoms with E-state index >= 15 is 0 Å². The largest absolute Gasteiger partial charge is 0.350 e. The van der Waals surface area contributed by atoms with Crippen molar-refractivity contribution in [2.45, 2.75) is 6.04 Å². The lowest BCUT2D eigenvalue weighted by Crippen LogP contribution is -2.34. The fraction of sp³-hybridized carbons (Fsp3) is 0.200. The minimum atomic E-state index is -0.515. The van der Waals surface area contributed by atoms with Crippen molar-refractivity contribution in [2.24, 2.45) is 0 Å². The van der Waals surface area contributed by atoms with Gasteiger partial charge in [0.25, 0.3) is 11.6 Å². The number of carbonyl (C=O) groups is 1. The topological polar surface area (TPSA) is 93.3 Å². The summed E-state index contributed by atoms with van der Waals surface area (Å²) in [6.07, 6.45) is 4.60. The van der Waals surface area contributed by atoms with Gasteiger partial charge in [0.2, 0.25) is 0 Å². The summed E-state index contributed by atoms with van der Waals surface area (Å²) in [7, 11) is 3.79. The van der Waals surface area contributed by atoms with Crippen molar-refractivity contribution in [2.75, 3.05) is 20.6 Å². The molecule has 150 valence electrons. The average Bonchev–Trinajstić information content (AvgIpc) is 3.23. The normalized spacial score (nSPS) is 12.0. The van der Waals surface area contributed by atoms with Gasteiger partial charge in [-0.15, -0.1) is 0 Å². The van der Waals surface area contributed by atoms with E-state index in [9.17, 15) is 14.9 Å². The Hall–Kier alpha value is -3.23. The van der Waals surface area contributed by atoms with Gasteiger partial charge < -0.3 is 14.8 Å². The Bertz CT molecular complexity index is 1020. The molecule has 29 heavy (non-hydrogen) atoms. The van der Waals surface area contributed by atoms with Crippen LogP contribution in [0.1, 0.15) is 22.0 Å². The second-order valence-corrected chi connectivity index (χ2v) is 7.05. The molecular formula is C20H20ClN5O3. The number of nitro groups is 1. The molecule has 1 heterocycles. The zero-order valence-corrected chi connectivity index (χ0v) is 16.7. The van der Waals surface area contributed by atoms with E-state index in [-0.39, 0.29) is 17.3 Å². The van der Waals surface area contributed by atoms with Gasteiger partial charge in [-0.2, -0.15) is 0 Å². The Kier molecular flexibility index (Phi) is 6.26. The van der Waals surface area contributed by atoms with Gasteiger partial charge in [0.15, 0.2) is 0 Å². The van der Waals surface area contributed by atoms with Gasteiger partial charge in [0, 0.05) is 35.6 Å². The molecule has 0 saturated carbocycles. The maximum atomic E-state index is 12.7. The van der Waals surface area contributed by atoms with E-state index in [1.807, 2.05) is 37.2 Å². The first-order valence-electron chi connectivity index (χ1n) is 8.84. The van der Waals surface area contributed by atoms with Crippen LogP contribution in [0.4, 0.5) is 5.69 Å². The molecule has 0 fully saturated rings. The highest BCUT2D eigenvalue weighted by atomic mass is 35.5. The number of likely N-dealkylation sites (N-methyl/N-ethyl adjacent to an activating group) is 1. The van der Waals surface area contributed by atoms with Crippen LogP contribution in [0.3, 0.4) is 0 Å². The molecule has 0 spiro atoms. The summed E-state index contributed by atoms with van der Waals surface area (Å²) in [5, 5.41) is 14.9. The molecule has 0 saturated heterocycles. The average molecular weight is 414 g/mol. The predicted molar refractivity (Wildman–Crippen MR) is 110 cm³/mol. The van der Waals surface area contributed by atoms with E-state index in [4.69, 9.17) is 11.6 Å². The van der Waals surface area contributed by atoms with Gasteiger partial charge in [-0.1, -0.05) is 29.8 Å². The Labute approximate surface area is 172 Å². The van der Waals surface area contributed by atoms with Crippen molar-refractivity contribution in [1.29, 1.82) is 0 Å². The molecule has 1 amide bonds.